The summed E-state index contributed by atoms with van der Waals surface area (Å²) >= 11 is 6.11. The molecule has 0 radical (unpaired) electrons. The van der Waals surface area contributed by atoms with E-state index in [4.69, 9.17) is 22.1 Å². The maximum absolute atomic E-state index is 6.11. The first-order valence-corrected chi connectivity index (χ1v) is 7.37. The van der Waals surface area contributed by atoms with E-state index in [0.717, 1.165) is 13.0 Å². The number of aryl methyl sites for hydroxylation is 1. The quantitative estimate of drug-likeness (QED) is 0.558. The largest absolute Gasteiger partial charge is 0.377 e. The van der Waals surface area contributed by atoms with Gasteiger partial charge in [0.05, 0.1) is 12.9 Å². The lowest BCUT2D eigenvalue weighted by atomic mass is 10.2. The number of anilines is 1. The van der Waals surface area contributed by atoms with E-state index in [2.05, 4.69) is 15.0 Å². The first kappa shape index (κ1) is 14.7. The van der Waals surface area contributed by atoms with Crippen LogP contribution in [0.25, 0.3) is 11.2 Å². The minimum absolute atomic E-state index is 0.133. The molecule has 0 atom stereocenters. The summed E-state index contributed by atoms with van der Waals surface area (Å²) in [7, 11) is 0. The molecule has 2 N–H and O–H groups in total. The molecule has 22 heavy (non-hydrogen) atoms. The number of nitrogen functional groups attached to an aromatic ring is 1. The summed E-state index contributed by atoms with van der Waals surface area (Å²) in [5.74, 6) is 0.133. The summed E-state index contributed by atoms with van der Waals surface area (Å²) in [6.07, 6.45) is 2.54. The van der Waals surface area contributed by atoms with Gasteiger partial charge in [0.1, 0.15) is 5.52 Å². The van der Waals surface area contributed by atoms with Crippen LogP contribution in [0.5, 0.6) is 0 Å². The van der Waals surface area contributed by atoms with E-state index in [0.29, 0.717) is 29.5 Å². The lowest BCUT2D eigenvalue weighted by Crippen LogP contribution is -2.03. The average molecular weight is 318 g/mol. The van der Waals surface area contributed by atoms with Crippen LogP contribution in [0.15, 0.2) is 36.7 Å². The van der Waals surface area contributed by atoms with Crippen molar-refractivity contribution in [3.8, 4) is 0 Å². The van der Waals surface area contributed by atoms with E-state index < -0.39 is 0 Å². The molecule has 1 aromatic carbocycles. The molecule has 3 aromatic rings. The van der Waals surface area contributed by atoms with Crippen molar-refractivity contribution in [2.75, 3.05) is 12.3 Å². The van der Waals surface area contributed by atoms with Crippen molar-refractivity contribution in [3.63, 3.8) is 0 Å². The van der Waals surface area contributed by atoms with Crippen molar-refractivity contribution < 1.29 is 4.74 Å². The summed E-state index contributed by atoms with van der Waals surface area (Å²) < 4.78 is 7.58. The third-order valence-electron chi connectivity index (χ3n) is 3.25. The van der Waals surface area contributed by atoms with Gasteiger partial charge in [0.15, 0.2) is 10.8 Å². The first-order chi connectivity index (χ1) is 10.7. The molecule has 0 bridgehead atoms. The Bertz CT molecular complexity index is 759. The average Bonchev–Trinajstić information content (AvgIpc) is 2.91. The van der Waals surface area contributed by atoms with E-state index in [-0.39, 0.29) is 5.95 Å². The van der Waals surface area contributed by atoms with Crippen LogP contribution in [0.3, 0.4) is 0 Å². The molecule has 0 aliphatic carbocycles. The Morgan fingerprint density at radius 3 is 2.82 bits per heavy atom. The maximum Gasteiger partial charge on any atom is 0.223 e. The number of nitrogens with zero attached hydrogens (tertiary/aromatic N) is 4. The Hall–Kier alpha value is -2.18. The number of benzene rings is 1. The third kappa shape index (κ3) is 3.35. The fraction of sp³-hybridized carbons (Fsp3) is 0.267. The molecule has 7 heteroatoms. The van der Waals surface area contributed by atoms with Gasteiger partial charge in [0.2, 0.25) is 5.95 Å². The second kappa shape index (κ2) is 6.72. The monoisotopic (exact) mass is 317 g/mol. The summed E-state index contributed by atoms with van der Waals surface area (Å²) in [5.41, 5.74) is 7.95. The van der Waals surface area contributed by atoms with Gasteiger partial charge in [-0.2, -0.15) is 9.97 Å². The van der Waals surface area contributed by atoms with Crippen molar-refractivity contribution in [2.24, 2.45) is 0 Å². The molecule has 6 nitrogen and oxygen atoms in total. The molecular formula is C15H16ClN5O. The minimum atomic E-state index is 0.133. The Labute approximate surface area is 132 Å². The van der Waals surface area contributed by atoms with Crippen molar-refractivity contribution in [1.29, 1.82) is 0 Å². The van der Waals surface area contributed by atoms with Crippen LogP contribution < -0.4 is 5.73 Å². The van der Waals surface area contributed by atoms with Crippen molar-refractivity contribution in [3.05, 3.63) is 47.4 Å². The van der Waals surface area contributed by atoms with Gasteiger partial charge in [-0.05, 0) is 12.0 Å². The van der Waals surface area contributed by atoms with Crippen molar-refractivity contribution >= 4 is 28.7 Å². The van der Waals surface area contributed by atoms with Crippen LogP contribution in [-0.2, 0) is 17.9 Å². The van der Waals surface area contributed by atoms with Crippen LogP contribution in [-0.4, -0.2) is 26.1 Å². The molecule has 0 unspecified atom stereocenters. The van der Waals surface area contributed by atoms with Gasteiger partial charge in [-0.25, -0.2) is 4.98 Å². The number of nitrogens with two attached hydrogens (primary N) is 1. The highest BCUT2D eigenvalue weighted by molar-refractivity contribution is 6.33. The minimum Gasteiger partial charge on any atom is -0.377 e. The first-order valence-electron chi connectivity index (χ1n) is 6.99. The molecule has 3 rings (SSSR count). The summed E-state index contributed by atoms with van der Waals surface area (Å²) in [6.45, 7) is 2.01. The van der Waals surface area contributed by atoms with Crippen molar-refractivity contribution in [1.82, 2.24) is 19.5 Å². The zero-order valence-corrected chi connectivity index (χ0v) is 12.7. The van der Waals surface area contributed by atoms with E-state index in [1.54, 1.807) is 6.33 Å². The van der Waals surface area contributed by atoms with E-state index in [1.807, 2.05) is 34.9 Å². The fourth-order valence-corrected chi connectivity index (χ4v) is 2.50. The highest BCUT2D eigenvalue weighted by Gasteiger charge is 2.10. The molecule has 0 spiro atoms. The maximum atomic E-state index is 6.11. The molecule has 0 saturated heterocycles. The number of aromatic nitrogens is 4. The van der Waals surface area contributed by atoms with Gasteiger partial charge < -0.3 is 15.0 Å². The predicted molar refractivity (Wildman–Crippen MR) is 85.5 cm³/mol. The second-order valence-corrected chi connectivity index (χ2v) is 5.23. The molecule has 0 saturated carbocycles. The van der Waals surface area contributed by atoms with Gasteiger partial charge in [0.25, 0.3) is 0 Å². The molecule has 0 fully saturated rings. The van der Waals surface area contributed by atoms with Gasteiger partial charge in [0, 0.05) is 13.2 Å². The van der Waals surface area contributed by atoms with Gasteiger partial charge in [-0.1, -0.05) is 41.9 Å². The van der Waals surface area contributed by atoms with Crippen LogP contribution >= 0.6 is 11.6 Å². The van der Waals surface area contributed by atoms with E-state index >= 15 is 0 Å². The second-order valence-electron chi connectivity index (χ2n) is 4.87. The SMILES string of the molecule is Nc1nc(Cl)c2c(ncn2CCCOCc2ccccc2)n1. The van der Waals surface area contributed by atoms with Gasteiger partial charge in [-0.3, -0.25) is 0 Å². The summed E-state index contributed by atoms with van der Waals surface area (Å²) in [4.78, 5) is 12.2. The molecule has 2 heterocycles. The fourth-order valence-electron chi connectivity index (χ4n) is 2.22. The third-order valence-corrected chi connectivity index (χ3v) is 3.51. The normalized spacial score (nSPS) is 11.1. The predicted octanol–water partition coefficient (Wildman–Crippen LogP) is 2.67. The smallest absolute Gasteiger partial charge is 0.223 e. The number of hydrogen-bond donors (Lipinski definition) is 1. The summed E-state index contributed by atoms with van der Waals surface area (Å²) in [6, 6.07) is 10.1. The van der Waals surface area contributed by atoms with Gasteiger partial charge >= 0.3 is 0 Å². The van der Waals surface area contributed by atoms with E-state index in [9.17, 15) is 0 Å². The lowest BCUT2D eigenvalue weighted by Gasteiger charge is -2.06. The summed E-state index contributed by atoms with van der Waals surface area (Å²) in [5, 5.41) is 0.324. The van der Waals surface area contributed by atoms with Crippen LogP contribution in [0.1, 0.15) is 12.0 Å². The van der Waals surface area contributed by atoms with Crippen LogP contribution in [0.4, 0.5) is 5.95 Å². The number of ether oxygens (including phenoxy) is 1. The molecule has 0 aliphatic heterocycles. The number of hydrogen-bond acceptors (Lipinski definition) is 5. The van der Waals surface area contributed by atoms with Crippen molar-refractivity contribution in [2.45, 2.75) is 19.6 Å². The van der Waals surface area contributed by atoms with Crippen LogP contribution in [0, 0.1) is 0 Å². The van der Waals surface area contributed by atoms with Gasteiger partial charge in [-0.15, -0.1) is 0 Å². The Balaban J connectivity index is 1.54. The Kier molecular flexibility index (Phi) is 4.50. The van der Waals surface area contributed by atoms with Crippen LogP contribution in [0.2, 0.25) is 5.15 Å². The number of imidazole rings is 1. The highest BCUT2D eigenvalue weighted by atomic mass is 35.5. The molecular weight excluding hydrogens is 302 g/mol. The molecule has 0 aliphatic rings. The zero-order chi connectivity index (χ0) is 15.4. The number of halogens is 1. The Morgan fingerprint density at radius 2 is 2.00 bits per heavy atom. The highest BCUT2D eigenvalue weighted by Crippen LogP contribution is 2.20. The van der Waals surface area contributed by atoms with E-state index in [1.165, 1.54) is 5.56 Å². The standard InChI is InChI=1S/C15H16ClN5O/c16-13-12-14(20-15(17)19-13)18-10-21(12)7-4-8-22-9-11-5-2-1-3-6-11/h1-3,5-6,10H,4,7-9H2,(H2,17,19,20). The Morgan fingerprint density at radius 1 is 1.18 bits per heavy atom. The molecule has 2 aromatic heterocycles. The number of fused-ring (bicyclic) bond motifs is 1. The molecule has 0 amide bonds. The topological polar surface area (TPSA) is 78.8 Å². The molecule has 114 valence electrons. The zero-order valence-electron chi connectivity index (χ0n) is 11.9. The lowest BCUT2D eigenvalue weighted by molar-refractivity contribution is 0.116. The number of rotatable bonds is 6.